The van der Waals surface area contributed by atoms with Crippen LogP contribution in [0.1, 0.15) is 104 Å². The number of carbonyl (C=O) groups is 3. The van der Waals surface area contributed by atoms with Crippen molar-refractivity contribution in [2.45, 2.75) is 83.9 Å². The van der Waals surface area contributed by atoms with Crippen molar-refractivity contribution in [2.24, 2.45) is 11.8 Å². The van der Waals surface area contributed by atoms with E-state index in [4.69, 9.17) is 12.2 Å². The van der Waals surface area contributed by atoms with E-state index in [1.807, 2.05) is 105 Å². The molecule has 0 bridgehead atoms. The summed E-state index contributed by atoms with van der Waals surface area (Å²) < 4.78 is 2.19. The van der Waals surface area contributed by atoms with Crippen LogP contribution in [0.4, 0.5) is 11.4 Å². The van der Waals surface area contributed by atoms with Gasteiger partial charge >= 0.3 is 0 Å². The minimum atomic E-state index is -1.36. The Labute approximate surface area is 377 Å². The topological polar surface area (TPSA) is 87.0 Å². The molecule has 0 spiro atoms. The van der Waals surface area contributed by atoms with Gasteiger partial charge in [-0.15, -0.1) is 0 Å². The van der Waals surface area contributed by atoms with Gasteiger partial charge in [-0.1, -0.05) is 92.7 Å². The monoisotopic (exact) mass is 858 g/mol. The molecule has 8 rings (SSSR count). The lowest BCUT2D eigenvalue weighted by Gasteiger charge is -2.52. The third-order valence-electron chi connectivity index (χ3n) is 14.1. The number of likely N-dealkylation sites (N-methyl/N-ethyl adjacent to an activating group) is 1. The van der Waals surface area contributed by atoms with E-state index >= 15 is 0 Å². The summed E-state index contributed by atoms with van der Waals surface area (Å²) in [6.07, 6.45) is 9.88. The summed E-state index contributed by atoms with van der Waals surface area (Å²) in [7, 11) is 4.16. The van der Waals surface area contributed by atoms with Gasteiger partial charge in [-0.2, -0.15) is 4.58 Å². The molecule has 1 amide bonds. The molecule has 0 aromatic heterocycles. The van der Waals surface area contributed by atoms with Gasteiger partial charge in [-0.05, 0) is 118 Å². The second kappa shape index (κ2) is 17.1. The summed E-state index contributed by atoms with van der Waals surface area (Å²) in [5.74, 6) is -1.34. The first-order valence-corrected chi connectivity index (χ1v) is 22.7. The lowest BCUT2D eigenvalue weighted by atomic mass is 9.73. The van der Waals surface area contributed by atoms with E-state index in [1.54, 1.807) is 9.80 Å². The van der Waals surface area contributed by atoms with E-state index in [-0.39, 0.29) is 34.8 Å². The average Bonchev–Trinajstić information content (AvgIpc) is 3.60. The zero-order chi connectivity index (χ0) is 45.0. The molecule has 63 heavy (non-hydrogen) atoms. The number of amides is 1. The number of nitrogens with zero attached hydrogens (tertiary/aromatic N) is 4. The van der Waals surface area contributed by atoms with Crippen LogP contribution in [0.3, 0.4) is 0 Å². The van der Waals surface area contributed by atoms with Crippen LogP contribution in [0, 0.1) is 11.8 Å². The molecule has 1 aliphatic carbocycles. The molecule has 4 aliphatic rings. The SMILES string of the molecule is CCN1C(=O)C(C2=C(C=CC3=[N+](C)c4ccc(C(=O)c5ccccc5)cc4C3(C)C)CCCC2C=CC2N(C)c3ccc(C(=O)c4ccccc4)cc3C2(C)C)C([O-])N(CC)C1=S. The maximum Gasteiger partial charge on any atom is 0.236 e. The van der Waals surface area contributed by atoms with Crippen LogP contribution in [-0.4, -0.2) is 82.1 Å². The molecule has 0 radical (unpaired) electrons. The molecule has 8 nitrogen and oxygen atoms in total. The van der Waals surface area contributed by atoms with Crippen LogP contribution >= 0.6 is 12.2 Å². The quantitative estimate of drug-likeness (QED) is 0.0645. The number of anilines is 1. The Balaban J connectivity index is 1.17. The highest BCUT2D eigenvalue weighted by Gasteiger charge is 2.46. The van der Waals surface area contributed by atoms with Crippen LogP contribution in [0.25, 0.3) is 0 Å². The second-order valence-electron chi connectivity index (χ2n) is 18.4. The molecule has 3 aliphatic heterocycles. The van der Waals surface area contributed by atoms with Crippen molar-refractivity contribution in [3.8, 4) is 0 Å². The molecule has 0 N–H and O–H groups in total. The Morgan fingerprint density at radius 3 is 2.02 bits per heavy atom. The van der Waals surface area contributed by atoms with E-state index in [0.717, 1.165) is 58.6 Å². The number of benzene rings is 4. The van der Waals surface area contributed by atoms with Crippen LogP contribution in [0.2, 0.25) is 0 Å². The molecule has 9 heteroatoms. The van der Waals surface area contributed by atoms with Crippen molar-refractivity contribution < 1.29 is 24.1 Å². The summed E-state index contributed by atoms with van der Waals surface area (Å²) >= 11 is 5.74. The molecular weight excluding hydrogens is 801 g/mol. The van der Waals surface area contributed by atoms with Crippen molar-refractivity contribution in [1.82, 2.24) is 9.80 Å². The van der Waals surface area contributed by atoms with Crippen LogP contribution in [-0.2, 0) is 15.6 Å². The van der Waals surface area contributed by atoms with Gasteiger partial charge in [-0.25, -0.2) is 0 Å². The van der Waals surface area contributed by atoms with Crippen molar-refractivity contribution in [3.05, 3.63) is 166 Å². The molecular formula is C54H58N4O4S. The standard InChI is InChI=1S/C54H58N4O4S/c1-9-57-50(61)47(51(62)58(10-2)52(57)63)46-34(26-30-44-53(3,4)40-32-38(24-28-42(40)55(44)7)48(59)36-18-13-11-14-19-36)22-17-23-35(46)27-31-45-54(5,6)41-33-39(25-29-43(41)56(45)8)49(60)37-20-15-12-16-21-37/h11-16,18-21,24-34,44,47,50H,9-10,17,22-23H2,1-8H3. The number of rotatable bonds is 11. The molecule has 3 heterocycles. The molecule has 324 valence electrons. The first-order chi connectivity index (χ1) is 30.1. The zero-order valence-corrected chi connectivity index (χ0v) is 38.5. The Hall–Kier alpha value is -5.77. The van der Waals surface area contributed by atoms with Gasteiger partial charge in [0.15, 0.2) is 22.4 Å². The van der Waals surface area contributed by atoms with E-state index in [0.29, 0.717) is 40.5 Å². The number of allylic oxidation sites excluding steroid dienone is 4. The highest BCUT2D eigenvalue weighted by atomic mass is 32.1. The van der Waals surface area contributed by atoms with Crippen molar-refractivity contribution >= 4 is 51.9 Å². The first kappa shape index (κ1) is 43.9. The number of ketones is 2. The highest BCUT2D eigenvalue weighted by molar-refractivity contribution is 7.80. The third kappa shape index (κ3) is 7.53. The Morgan fingerprint density at radius 1 is 0.810 bits per heavy atom. The van der Waals surface area contributed by atoms with E-state index in [1.165, 1.54) is 0 Å². The predicted molar refractivity (Wildman–Crippen MR) is 254 cm³/mol. The van der Waals surface area contributed by atoms with Crippen LogP contribution in [0.15, 0.2) is 133 Å². The molecule has 0 saturated carbocycles. The zero-order valence-electron chi connectivity index (χ0n) is 37.7. The van der Waals surface area contributed by atoms with E-state index in [9.17, 15) is 19.5 Å². The maximum absolute atomic E-state index is 14.7. The Kier molecular flexibility index (Phi) is 11.9. The number of thiocarbonyl (C=S) groups is 1. The predicted octanol–water partition coefficient (Wildman–Crippen LogP) is 8.93. The van der Waals surface area contributed by atoms with Gasteiger partial charge in [0.05, 0.1) is 17.4 Å². The summed E-state index contributed by atoms with van der Waals surface area (Å²) in [5, 5.41) is 14.9. The van der Waals surface area contributed by atoms with Crippen molar-refractivity contribution in [3.63, 3.8) is 0 Å². The normalized spacial score (nSPS) is 23.0. The van der Waals surface area contributed by atoms with E-state index < -0.39 is 17.6 Å². The second-order valence-corrected chi connectivity index (χ2v) is 18.8. The summed E-state index contributed by atoms with van der Waals surface area (Å²) in [6.45, 7) is 13.4. The summed E-state index contributed by atoms with van der Waals surface area (Å²) in [5.41, 5.74) is 9.07. The third-order valence-corrected chi connectivity index (χ3v) is 14.6. The van der Waals surface area contributed by atoms with Crippen LogP contribution in [0.5, 0.6) is 0 Å². The summed E-state index contributed by atoms with van der Waals surface area (Å²) in [6, 6.07) is 30.7. The van der Waals surface area contributed by atoms with Gasteiger partial charge in [0.2, 0.25) is 11.6 Å². The molecule has 4 aromatic carbocycles. The number of fused-ring (bicyclic) bond motifs is 2. The largest absolute Gasteiger partial charge is 0.835 e. The highest BCUT2D eigenvalue weighted by Crippen LogP contribution is 2.47. The first-order valence-electron chi connectivity index (χ1n) is 22.3. The van der Waals surface area contributed by atoms with Crippen LogP contribution < -0.4 is 10.0 Å². The lowest BCUT2D eigenvalue weighted by molar-refractivity contribution is -0.459. The maximum atomic E-state index is 14.7. The fraction of sp³-hybridized carbons (Fsp3) is 0.352. The van der Waals surface area contributed by atoms with Gasteiger partial charge in [0.1, 0.15) is 7.05 Å². The molecule has 1 saturated heterocycles. The van der Waals surface area contributed by atoms with E-state index in [2.05, 4.69) is 81.6 Å². The van der Waals surface area contributed by atoms with Crippen molar-refractivity contribution in [2.75, 3.05) is 32.1 Å². The molecule has 4 atom stereocenters. The van der Waals surface area contributed by atoms with Gasteiger partial charge in [-0.3, -0.25) is 19.3 Å². The molecule has 4 unspecified atom stereocenters. The number of carbonyl (C=O) groups excluding carboxylic acids is 3. The summed E-state index contributed by atoms with van der Waals surface area (Å²) in [4.78, 5) is 47.2. The fourth-order valence-electron chi connectivity index (χ4n) is 10.7. The minimum Gasteiger partial charge on any atom is -0.835 e. The molecule has 4 aromatic rings. The van der Waals surface area contributed by atoms with Gasteiger partial charge in [0, 0.05) is 71.2 Å². The van der Waals surface area contributed by atoms with Crippen molar-refractivity contribution in [1.29, 1.82) is 0 Å². The fourth-order valence-corrected chi connectivity index (χ4v) is 11.1. The Bertz CT molecular complexity index is 2620. The van der Waals surface area contributed by atoms with Gasteiger partial charge in [0.25, 0.3) is 0 Å². The lowest BCUT2D eigenvalue weighted by Crippen LogP contribution is -2.66. The Morgan fingerprint density at radius 2 is 1.41 bits per heavy atom. The smallest absolute Gasteiger partial charge is 0.236 e. The van der Waals surface area contributed by atoms with Gasteiger partial charge < -0.3 is 14.9 Å². The number of hydrogen-bond acceptors (Lipinski definition) is 6. The minimum absolute atomic E-state index is 0.00315. The average molecular weight is 859 g/mol. The number of hydrogen-bond donors (Lipinski definition) is 0. The molecule has 1 fully saturated rings.